The lowest BCUT2D eigenvalue weighted by Crippen LogP contribution is -2.40. The average Bonchev–Trinajstić information content (AvgIpc) is 3.11. The van der Waals surface area contributed by atoms with E-state index in [1.165, 1.54) is 12.8 Å². The zero-order chi connectivity index (χ0) is 11.4. The molecule has 1 aliphatic carbocycles. The Morgan fingerprint density at radius 1 is 1.31 bits per heavy atom. The van der Waals surface area contributed by atoms with Crippen molar-refractivity contribution < 1.29 is 9.53 Å². The number of rotatable bonds is 4. The third-order valence-corrected chi connectivity index (χ3v) is 3.40. The number of piperidine rings is 1. The number of amides is 1. The molecule has 0 unspecified atom stereocenters. The summed E-state index contributed by atoms with van der Waals surface area (Å²) in [5, 5.41) is 3.35. The Hall–Kier alpha value is -0.770. The van der Waals surface area contributed by atoms with E-state index < -0.39 is 0 Å². The van der Waals surface area contributed by atoms with E-state index in [2.05, 4.69) is 5.32 Å². The van der Waals surface area contributed by atoms with Gasteiger partial charge in [-0.05, 0) is 51.6 Å². The molecule has 0 aromatic rings. The molecule has 16 heavy (non-hydrogen) atoms. The first kappa shape index (κ1) is 11.7. The van der Waals surface area contributed by atoms with E-state index in [-0.39, 0.29) is 6.09 Å². The molecule has 0 aromatic heterocycles. The summed E-state index contributed by atoms with van der Waals surface area (Å²) in [6, 6.07) is 0.467. The zero-order valence-corrected chi connectivity index (χ0v) is 10.1. The Morgan fingerprint density at radius 3 is 2.56 bits per heavy atom. The Bertz CT molecular complexity index is 235. The maximum Gasteiger partial charge on any atom is 0.410 e. The lowest BCUT2D eigenvalue weighted by molar-refractivity contribution is 0.0945. The van der Waals surface area contributed by atoms with Gasteiger partial charge in [-0.2, -0.15) is 0 Å². The van der Waals surface area contributed by atoms with Gasteiger partial charge in [0, 0.05) is 12.6 Å². The van der Waals surface area contributed by atoms with Crippen LogP contribution in [0, 0.1) is 5.92 Å². The van der Waals surface area contributed by atoms with E-state index >= 15 is 0 Å². The Labute approximate surface area is 97.3 Å². The van der Waals surface area contributed by atoms with Crippen molar-refractivity contribution in [3.8, 4) is 0 Å². The van der Waals surface area contributed by atoms with Crippen LogP contribution in [0.4, 0.5) is 4.79 Å². The summed E-state index contributed by atoms with van der Waals surface area (Å²) >= 11 is 0. The molecule has 92 valence electrons. The Morgan fingerprint density at radius 2 is 2.00 bits per heavy atom. The first-order chi connectivity index (χ1) is 7.81. The Balaban J connectivity index is 1.83. The molecule has 1 heterocycles. The van der Waals surface area contributed by atoms with Gasteiger partial charge in [-0.25, -0.2) is 4.79 Å². The highest BCUT2D eigenvalue weighted by Crippen LogP contribution is 2.29. The standard InChI is InChI=1S/C12H22N2O2/c1-2-16-12(15)14(11-3-4-11)9-10-5-7-13-8-6-10/h10-11,13H,2-9H2,1H3. The van der Waals surface area contributed by atoms with Crippen LogP contribution in [0.3, 0.4) is 0 Å². The molecule has 4 nitrogen and oxygen atoms in total. The summed E-state index contributed by atoms with van der Waals surface area (Å²) in [6.07, 6.45) is 4.57. The molecule has 1 N–H and O–H groups in total. The molecule has 1 amide bonds. The molecule has 2 rings (SSSR count). The highest BCUT2D eigenvalue weighted by Gasteiger charge is 2.34. The number of nitrogens with zero attached hydrogens (tertiary/aromatic N) is 1. The minimum absolute atomic E-state index is 0.108. The van der Waals surface area contributed by atoms with Crippen LogP contribution in [0.25, 0.3) is 0 Å². The van der Waals surface area contributed by atoms with Gasteiger partial charge in [0.15, 0.2) is 0 Å². The van der Waals surface area contributed by atoms with Gasteiger partial charge in [0.25, 0.3) is 0 Å². The first-order valence-corrected chi connectivity index (χ1v) is 6.45. The van der Waals surface area contributed by atoms with E-state index in [0.29, 0.717) is 18.6 Å². The van der Waals surface area contributed by atoms with Gasteiger partial charge in [-0.15, -0.1) is 0 Å². The molecule has 0 aromatic carbocycles. The van der Waals surface area contributed by atoms with Crippen molar-refractivity contribution in [2.75, 3.05) is 26.2 Å². The highest BCUT2D eigenvalue weighted by atomic mass is 16.6. The van der Waals surface area contributed by atoms with E-state index in [4.69, 9.17) is 4.74 Å². The quantitative estimate of drug-likeness (QED) is 0.791. The van der Waals surface area contributed by atoms with E-state index in [9.17, 15) is 4.79 Å². The van der Waals surface area contributed by atoms with Gasteiger partial charge < -0.3 is 15.0 Å². The van der Waals surface area contributed by atoms with Gasteiger partial charge in [0.1, 0.15) is 0 Å². The highest BCUT2D eigenvalue weighted by molar-refractivity contribution is 5.68. The summed E-state index contributed by atoms with van der Waals surface area (Å²) in [5.74, 6) is 0.659. The van der Waals surface area contributed by atoms with Crippen molar-refractivity contribution >= 4 is 6.09 Å². The number of ether oxygens (including phenoxy) is 1. The van der Waals surface area contributed by atoms with Crippen LogP contribution < -0.4 is 5.32 Å². The van der Waals surface area contributed by atoms with Crippen LogP contribution in [-0.2, 0) is 4.74 Å². The SMILES string of the molecule is CCOC(=O)N(CC1CCNCC1)C1CC1. The predicted molar refractivity (Wildman–Crippen MR) is 62.3 cm³/mol. The van der Waals surface area contributed by atoms with Crippen molar-refractivity contribution in [1.29, 1.82) is 0 Å². The van der Waals surface area contributed by atoms with Crippen LogP contribution in [0.15, 0.2) is 0 Å². The van der Waals surface area contributed by atoms with Crippen LogP contribution in [0.1, 0.15) is 32.6 Å². The smallest absolute Gasteiger partial charge is 0.410 e. The third-order valence-electron chi connectivity index (χ3n) is 3.40. The topological polar surface area (TPSA) is 41.6 Å². The van der Waals surface area contributed by atoms with Crippen molar-refractivity contribution in [1.82, 2.24) is 10.2 Å². The largest absolute Gasteiger partial charge is 0.450 e. The molecule has 0 atom stereocenters. The van der Waals surface area contributed by atoms with Crippen molar-refractivity contribution in [3.63, 3.8) is 0 Å². The van der Waals surface area contributed by atoms with Crippen LogP contribution in [0.5, 0.6) is 0 Å². The molecule has 1 aliphatic heterocycles. The number of hydrogen-bond donors (Lipinski definition) is 1. The molecule has 0 bridgehead atoms. The summed E-state index contributed by atoms with van der Waals surface area (Å²) in [5.41, 5.74) is 0. The second kappa shape index (κ2) is 5.53. The molecule has 2 aliphatic rings. The zero-order valence-electron chi connectivity index (χ0n) is 10.1. The number of hydrogen-bond acceptors (Lipinski definition) is 3. The van der Waals surface area contributed by atoms with Crippen LogP contribution in [0.2, 0.25) is 0 Å². The van der Waals surface area contributed by atoms with Crippen molar-refractivity contribution in [2.24, 2.45) is 5.92 Å². The van der Waals surface area contributed by atoms with Crippen molar-refractivity contribution in [2.45, 2.75) is 38.6 Å². The molecule has 2 fully saturated rings. The Kier molecular flexibility index (Phi) is 4.04. The summed E-state index contributed by atoms with van der Waals surface area (Å²) in [7, 11) is 0. The average molecular weight is 226 g/mol. The molecule has 0 spiro atoms. The maximum atomic E-state index is 11.8. The lowest BCUT2D eigenvalue weighted by Gasteiger charge is -2.29. The minimum atomic E-state index is -0.108. The van der Waals surface area contributed by atoms with Crippen LogP contribution in [-0.4, -0.2) is 43.3 Å². The molecule has 0 radical (unpaired) electrons. The molecule has 1 saturated carbocycles. The maximum absolute atomic E-state index is 11.8. The molecule has 4 heteroatoms. The molecular formula is C12H22N2O2. The molecule has 1 saturated heterocycles. The number of carbonyl (C=O) groups is 1. The van der Waals surface area contributed by atoms with Crippen molar-refractivity contribution in [3.05, 3.63) is 0 Å². The second-order valence-corrected chi connectivity index (χ2v) is 4.78. The van der Waals surface area contributed by atoms with Gasteiger partial charge >= 0.3 is 6.09 Å². The molecular weight excluding hydrogens is 204 g/mol. The minimum Gasteiger partial charge on any atom is -0.450 e. The van der Waals surface area contributed by atoms with Gasteiger partial charge in [-0.3, -0.25) is 0 Å². The fraction of sp³-hybridized carbons (Fsp3) is 0.917. The third kappa shape index (κ3) is 3.11. The van der Waals surface area contributed by atoms with E-state index in [1.807, 2.05) is 11.8 Å². The van der Waals surface area contributed by atoms with Gasteiger partial charge in [-0.1, -0.05) is 0 Å². The van der Waals surface area contributed by atoms with Gasteiger partial charge in [0.2, 0.25) is 0 Å². The number of carbonyl (C=O) groups excluding carboxylic acids is 1. The second-order valence-electron chi connectivity index (χ2n) is 4.78. The lowest BCUT2D eigenvalue weighted by atomic mass is 9.97. The van der Waals surface area contributed by atoms with Gasteiger partial charge in [0.05, 0.1) is 6.61 Å². The summed E-state index contributed by atoms with van der Waals surface area (Å²) in [4.78, 5) is 13.7. The monoisotopic (exact) mass is 226 g/mol. The predicted octanol–water partition coefficient (Wildman–Crippen LogP) is 1.61. The fourth-order valence-corrected chi connectivity index (χ4v) is 2.31. The number of nitrogens with one attached hydrogen (secondary N) is 1. The first-order valence-electron chi connectivity index (χ1n) is 6.45. The normalized spacial score (nSPS) is 21.8. The summed E-state index contributed by atoms with van der Waals surface area (Å²) < 4.78 is 5.12. The summed E-state index contributed by atoms with van der Waals surface area (Å²) in [6.45, 7) is 5.42. The van der Waals surface area contributed by atoms with Crippen LogP contribution >= 0.6 is 0 Å². The van der Waals surface area contributed by atoms with E-state index in [1.54, 1.807) is 0 Å². The van der Waals surface area contributed by atoms with E-state index in [0.717, 1.165) is 32.5 Å². The fourth-order valence-electron chi connectivity index (χ4n) is 2.31.